The molecule has 0 unspecified atom stereocenters. The van der Waals surface area contributed by atoms with Gasteiger partial charge in [-0.25, -0.2) is 4.98 Å². The van der Waals surface area contributed by atoms with Crippen molar-refractivity contribution in [1.29, 1.82) is 0 Å². The lowest BCUT2D eigenvalue weighted by Gasteiger charge is -2.13. The molecule has 122 valence electrons. The van der Waals surface area contributed by atoms with Crippen LogP contribution in [0.15, 0.2) is 30.3 Å². The summed E-state index contributed by atoms with van der Waals surface area (Å²) in [4.78, 5) is 11.3. The van der Waals surface area contributed by atoms with Crippen LogP contribution in [0.1, 0.15) is 24.5 Å². The number of aromatic nitrogens is 2. The molecule has 0 saturated heterocycles. The first-order valence-electron chi connectivity index (χ1n) is 7.94. The highest BCUT2D eigenvalue weighted by molar-refractivity contribution is 5.58. The molecule has 6 nitrogen and oxygen atoms in total. The van der Waals surface area contributed by atoms with Crippen LogP contribution >= 0.6 is 0 Å². The van der Waals surface area contributed by atoms with Crippen molar-refractivity contribution in [3.8, 4) is 5.75 Å². The van der Waals surface area contributed by atoms with Gasteiger partial charge in [0.15, 0.2) is 0 Å². The van der Waals surface area contributed by atoms with Gasteiger partial charge in [-0.05, 0) is 51.2 Å². The van der Waals surface area contributed by atoms with E-state index in [1.165, 1.54) is 12.8 Å². The number of hydrogen-bond donors (Lipinski definition) is 3. The first-order chi connectivity index (χ1) is 11.1. The Morgan fingerprint density at radius 1 is 1.17 bits per heavy atom. The average Bonchev–Trinajstić information content (AvgIpc) is 3.34. The second kappa shape index (κ2) is 6.83. The van der Waals surface area contributed by atoms with Crippen LogP contribution in [-0.2, 0) is 0 Å². The van der Waals surface area contributed by atoms with Crippen LogP contribution in [0.4, 0.5) is 17.5 Å². The highest BCUT2D eigenvalue weighted by Gasteiger charge is 2.26. The fraction of sp³-hybridized carbons (Fsp3) is 0.412. The number of phenols is 1. The molecule has 1 aliphatic carbocycles. The Balaban J connectivity index is 1.75. The smallest absolute Gasteiger partial charge is 0.224 e. The molecule has 2 aromatic rings. The summed E-state index contributed by atoms with van der Waals surface area (Å²) in [6.07, 6.45) is 2.40. The van der Waals surface area contributed by atoms with Crippen molar-refractivity contribution in [2.24, 2.45) is 0 Å². The van der Waals surface area contributed by atoms with Crippen LogP contribution in [0.25, 0.3) is 0 Å². The molecule has 0 radical (unpaired) electrons. The van der Waals surface area contributed by atoms with E-state index in [9.17, 15) is 5.11 Å². The highest BCUT2D eigenvalue weighted by Crippen LogP contribution is 2.40. The van der Waals surface area contributed by atoms with Crippen molar-refractivity contribution in [2.45, 2.75) is 18.8 Å². The minimum absolute atomic E-state index is 0.253. The van der Waals surface area contributed by atoms with Crippen molar-refractivity contribution >= 4 is 17.5 Å². The number of aromatic hydroxyl groups is 1. The van der Waals surface area contributed by atoms with E-state index in [4.69, 9.17) is 0 Å². The van der Waals surface area contributed by atoms with Crippen LogP contribution in [0, 0.1) is 0 Å². The molecule has 23 heavy (non-hydrogen) atoms. The van der Waals surface area contributed by atoms with Gasteiger partial charge in [-0.15, -0.1) is 0 Å². The topological polar surface area (TPSA) is 73.3 Å². The summed E-state index contributed by atoms with van der Waals surface area (Å²) in [5, 5.41) is 15.9. The monoisotopic (exact) mass is 313 g/mol. The van der Waals surface area contributed by atoms with Crippen LogP contribution in [0.2, 0.25) is 0 Å². The predicted octanol–water partition coefficient (Wildman–Crippen LogP) is 2.78. The minimum Gasteiger partial charge on any atom is -0.508 e. The summed E-state index contributed by atoms with van der Waals surface area (Å²) in [5.41, 5.74) is 1.98. The zero-order valence-corrected chi connectivity index (χ0v) is 13.6. The molecular formula is C17H23N5O. The maximum absolute atomic E-state index is 9.37. The number of anilines is 3. The van der Waals surface area contributed by atoms with E-state index >= 15 is 0 Å². The van der Waals surface area contributed by atoms with Gasteiger partial charge >= 0.3 is 0 Å². The molecule has 3 N–H and O–H groups in total. The number of benzene rings is 1. The summed E-state index contributed by atoms with van der Waals surface area (Å²) in [7, 11) is 4.09. The Labute approximate surface area is 136 Å². The van der Waals surface area contributed by atoms with Crippen molar-refractivity contribution in [3.05, 3.63) is 36.0 Å². The highest BCUT2D eigenvalue weighted by atomic mass is 16.3. The third-order valence-electron chi connectivity index (χ3n) is 3.72. The van der Waals surface area contributed by atoms with E-state index in [-0.39, 0.29) is 5.75 Å². The van der Waals surface area contributed by atoms with Crippen molar-refractivity contribution in [3.63, 3.8) is 0 Å². The zero-order chi connectivity index (χ0) is 16.2. The Bertz CT molecular complexity index is 653. The van der Waals surface area contributed by atoms with Gasteiger partial charge < -0.3 is 20.6 Å². The third kappa shape index (κ3) is 4.56. The van der Waals surface area contributed by atoms with Crippen LogP contribution in [0.3, 0.4) is 0 Å². The lowest BCUT2D eigenvalue weighted by Crippen LogP contribution is -2.21. The summed E-state index contributed by atoms with van der Waals surface area (Å²) in [6, 6.07) is 8.98. The summed E-state index contributed by atoms with van der Waals surface area (Å²) in [5.74, 6) is 2.26. The Hall–Kier alpha value is -2.34. The van der Waals surface area contributed by atoms with E-state index < -0.39 is 0 Å². The van der Waals surface area contributed by atoms with Gasteiger partial charge in [0.25, 0.3) is 0 Å². The average molecular weight is 313 g/mol. The number of nitrogens with zero attached hydrogens (tertiary/aromatic N) is 3. The molecule has 3 rings (SSSR count). The number of rotatable bonds is 7. The molecule has 0 bridgehead atoms. The molecule has 0 atom stereocenters. The maximum Gasteiger partial charge on any atom is 0.224 e. The van der Waals surface area contributed by atoms with Gasteiger partial charge in [-0.3, -0.25) is 0 Å². The van der Waals surface area contributed by atoms with E-state index in [1.807, 2.05) is 32.3 Å². The molecule has 1 aliphatic rings. The molecule has 0 spiro atoms. The first kappa shape index (κ1) is 15.6. The van der Waals surface area contributed by atoms with E-state index in [1.54, 1.807) is 12.1 Å². The lowest BCUT2D eigenvalue weighted by atomic mass is 10.2. The second-order valence-corrected chi connectivity index (χ2v) is 6.18. The number of likely N-dealkylation sites (N-methyl/N-ethyl adjacent to an activating group) is 1. The van der Waals surface area contributed by atoms with E-state index in [0.29, 0.717) is 11.9 Å². The quantitative estimate of drug-likeness (QED) is 0.683. The van der Waals surface area contributed by atoms with Gasteiger partial charge in [-0.1, -0.05) is 0 Å². The fourth-order valence-corrected chi connectivity index (χ4v) is 2.28. The van der Waals surface area contributed by atoms with Gasteiger partial charge in [0.1, 0.15) is 11.6 Å². The molecule has 1 saturated carbocycles. The van der Waals surface area contributed by atoms with Crippen molar-refractivity contribution in [1.82, 2.24) is 14.9 Å². The summed E-state index contributed by atoms with van der Waals surface area (Å²) < 4.78 is 0. The fourth-order valence-electron chi connectivity index (χ4n) is 2.28. The normalized spacial score (nSPS) is 14.0. The van der Waals surface area contributed by atoms with E-state index in [2.05, 4.69) is 25.5 Å². The molecular weight excluding hydrogens is 290 g/mol. The van der Waals surface area contributed by atoms with Crippen molar-refractivity contribution < 1.29 is 5.11 Å². The van der Waals surface area contributed by atoms with Crippen LogP contribution < -0.4 is 10.6 Å². The molecule has 1 aromatic heterocycles. The Morgan fingerprint density at radius 3 is 2.57 bits per heavy atom. The van der Waals surface area contributed by atoms with Crippen molar-refractivity contribution in [2.75, 3.05) is 37.8 Å². The first-order valence-corrected chi connectivity index (χ1v) is 7.94. The Morgan fingerprint density at radius 2 is 1.91 bits per heavy atom. The van der Waals surface area contributed by atoms with Gasteiger partial charge in [0.2, 0.25) is 5.95 Å². The minimum atomic E-state index is 0.253. The summed E-state index contributed by atoms with van der Waals surface area (Å²) in [6.45, 7) is 1.73. The maximum atomic E-state index is 9.37. The molecule has 6 heteroatoms. The predicted molar refractivity (Wildman–Crippen MR) is 92.4 cm³/mol. The van der Waals surface area contributed by atoms with Gasteiger partial charge in [-0.2, -0.15) is 4.98 Å². The third-order valence-corrected chi connectivity index (χ3v) is 3.72. The number of nitrogens with one attached hydrogen (secondary N) is 2. The summed E-state index contributed by atoms with van der Waals surface area (Å²) >= 11 is 0. The lowest BCUT2D eigenvalue weighted by molar-refractivity contribution is 0.425. The number of hydrogen-bond acceptors (Lipinski definition) is 6. The van der Waals surface area contributed by atoms with E-state index in [0.717, 1.165) is 30.3 Å². The van der Waals surface area contributed by atoms with Gasteiger partial charge in [0, 0.05) is 30.8 Å². The molecule has 0 amide bonds. The van der Waals surface area contributed by atoms with Crippen LogP contribution in [-0.4, -0.2) is 47.2 Å². The van der Waals surface area contributed by atoms with Crippen LogP contribution in [0.5, 0.6) is 5.75 Å². The SMILES string of the molecule is CN(C)CCNc1nc(Nc2ccc(O)cc2)cc(C2CC2)n1. The molecule has 0 aliphatic heterocycles. The Kier molecular flexibility index (Phi) is 4.62. The van der Waals surface area contributed by atoms with Gasteiger partial charge in [0.05, 0.1) is 5.69 Å². The largest absolute Gasteiger partial charge is 0.508 e. The molecule has 1 aromatic carbocycles. The molecule has 1 heterocycles. The zero-order valence-electron chi connectivity index (χ0n) is 13.6. The standard InChI is InChI=1S/C17H23N5O/c1-22(2)10-9-18-17-20-15(12-3-4-12)11-16(21-17)19-13-5-7-14(23)8-6-13/h5-8,11-12,23H,3-4,9-10H2,1-2H3,(H2,18,19,20,21). The molecule has 1 fully saturated rings. The number of phenolic OH excluding ortho intramolecular Hbond substituents is 1. The second-order valence-electron chi connectivity index (χ2n) is 6.18.